The van der Waals surface area contributed by atoms with E-state index in [4.69, 9.17) is 15.2 Å². The summed E-state index contributed by atoms with van der Waals surface area (Å²) in [5, 5.41) is 0. The Kier molecular flexibility index (Phi) is 5.07. The first-order chi connectivity index (χ1) is 9.51. The predicted octanol–water partition coefficient (Wildman–Crippen LogP) is 5.03. The summed E-state index contributed by atoms with van der Waals surface area (Å²) in [4.78, 5) is 0. The Morgan fingerprint density at radius 2 is 1.60 bits per heavy atom. The number of halogens is 2. The number of methoxy groups -OCH3 is 1. The van der Waals surface area contributed by atoms with Gasteiger partial charge in [0.1, 0.15) is 17.2 Å². The lowest BCUT2D eigenvalue weighted by molar-refractivity contribution is 0.412. The van der Waals surface area contributed by atoms with Crippen LogP contribution in [0.5, 0.6) is 17.2 Å². The summed E-state index contributed by atoms with van der Waals surface area (Å²) >= 11 is 6.97. The molecule has 1 atom stereocenters. The van der Waals surface area contributed by atoms with Gasteiger partial charge in [-0.15, -0.1) is 0 Å². The van der Waals surface area contributed by atoms with Gasteiger partial charge < -0.3 is 15.2 Å². The van der Waals surface area contributed by atoms with Crippen LogP contribution >= 0.6 is 31.9 Å². The van der Waals surface area contributed by atoms with Crippen LogP contribution in [0.25, 0.3) is 0 Å². The largest absolute Gasteiger partial charge is 0.497 e. The van der Waals surface area contributed by atoms with Crippen molar-refractivity contribution < 1.29 is 9.47 Å². The van der Waals surface area contributed by atoms with Crippen LogP contribution in [0.2, 0.25) is 0 Å². The molecule has 0 aliphatic carbocycles. The van der Waals surface area contributed by atoms with Crippen LogP contribution in [-0.2, 0) is 0 Å². The van der Waals surface area contributed by atoms with Gasteiger partial charge in [0.05, 0.1) is 16.1 Å². The minimum Gasteiger partial charge on any atom is -0.497 e. The molecule has 20 heavy (non-hydrogen) atoms. The first kappa shape index (κ1) is 15.4. The van der Waals surface area contributed by atoms with Crippen molar-refractivity contribution in [1.29, 1.82) is 0 Å². The molecule has 0 aliphatic rings. The molecule has 0 aliphatic heterocycles. The maximum Gasteiger partial charge on any atom is 0.141 e. The first-order valence-corrected chi connectivity index (χ1v) is 7.66. The zero-order chi connectivity index (χ0) is 14.7. The van der Waals surface area contributed by atoms with E-state index in [-0.39, 0.29) is 6.04 Å². The molecular formula is C15H15Br2NO2. The molecule has 0 saturated carbocycles. The van der Waals surface area contributed by atoms with E-state index in [0.29, 0.717) is 0 Å². The van der Waals surface area contributed by atoms with Crippen LogP contribution in [0.3, 0.4) is 0 Å². The summed E-state index contributed by atoms with van der Waals surface area (Å²) in [5.41, 5.74) is 6.91. The van der Waals surface area contributed by atoms with Gasteiger partial charge in [0.2, 0.25) is 0 Å². The third kappa shape index (κ3) is 3.53. The number of nitrogens with two attached hydrogens (primary N) is 1. The van der Waals surface area contributed by atoms with Crippen LogP contribution in [0, 0.1) is 0 Å². The van der Waals surface area contributed by atoms with Crippen molar-refractivity contribution in [3.8, 4) is 17.2 Å². The Bertz CT molecular complexity index is 615. The second-order valence-electron chi connectivity index (χ2n) is 4.38. The molecular weight excluding hydrogens is 386 g/mol. The average Bonchev–Trinajstić information content (AvgIpc) is 2.42. The summed E-state index contributed by atoms with van der Waals surface area (Å²) in [6, 6.07) is 11.4. The molecule has 0 aromatic heterocycles. The lowest BCUT2D eigenvalue weighted by Gasteiger charge is -2.12. The van der Waals surface area contributed by atoms with E-state index in [0.717, 1.165) is 31.8 Å². The molecule has 106 valence electrons. The maximum absolute atomic E-state index is 5.88. The highest BCUT2D eigenvalue weighted by atomic mass is 79.9. The van der Waals surface area contributed by atoms with Gasteiger partial charge in [-0.25, -0.2) is 0 Å². The van der Waals surface area contributed by atoms with E-state index in [1.54, 1.807) is 7.11 Å². The quantitative estimate of drug-likeness (QED) is 0.782. The standard InChI is InChI=1S/C15H15Br2NO2/c1-9(18)10-3-5-14(12(16)7-10)20-15-6-4-11(19-2)8-13(15)17/h3-9H,18H2,1-2H3. The molecule has 2 rings (SSSR count). The topological polar surface area (TPSA) is 44.5 Å². The van der Waals surface area contributed by atoms with E-state index in [2.05, 4.69) is 31.9 Å². The number of hydrogen-bond donors (Lipinski definition) is 1. The third-order valence-corrected chi connectivity index (χ3v) is 4.08. The summed E-state index contributed by atoms with van der Waals surface area (Å²) < 4.78 is 12.7. The molecule has 1 unspecified atom stereocenters. The van der Waals surface area contributed by atoms with Gasteiger partial charge in [-0.05, 0) is 74.7 Å². The fourth-order valence-corrected chi connectivity index (χ4v) is 2.61. The lowest BCUT2D eigenvalue weighted by Crippen LogP contribution is -2.04. The Labute approximate surface area is 135 Å². The van der Waals surface area contributed by atoms with Gasteiger partial charge in [0.25, 0.3) is 0 Å². The van der Waals surface area contributed by atoms with Gasteiger partial charge in [0.15, 0.2) is 0 Å². The minimum absolute atomic E-state index is 0.00641. The molecule has 2 aromatic carbocycles. The average molecular weight is 401 g/mol. The SMILES string of the molecule is COc1ccc(Oc2ccc(C(C)N)cc2Br)c(Br)c1. The van der Waals surface area contributed by atoms with Gasteiger partial charge in [-0.2, -0.15) is 0 Å². The fourth-order valence-electron chi connectivity index (χ4n) is 1.69. The van der Waals surface area contributed by atoms with Crippen LogP contribution < -0.4 is 15.2 Å². The molecule has 0 amide bonds. The van der Waals surface area contributed by atoms with Crippen molar-refractivity contribution in [3.63, 3.8) is 0 Å². The number of rotatable bonds is 4. The van der Waals surface area contributed by atoms with Gasteiger partial charge >= 0.3 is 0 Å². The van der Waals surface area contributed by atoms with Crippen LogP contribution in [0.15, 0.2) is 45.3 Å². The minimum atomic E-state index is -0.00641. The monoisotopic (exact) mass is 399 g/mol. The molecule has 0 bridgehead atoms. The highest BCUT2D eigenvalue weighted by Gasteiger charge is 2.09. The second-order valence-corrected chi connectivity index (χ2v) is 6.09. The summed E-state index contributed by atoms with van der Waals surface area (Å²) in [5.74, 6) is 2.23. The molecule has 2 N–H and O–H groups in total. The van der Waals surface area contributed by atoms with E-state index in [1.165, 1.54) is 0 Å². The Hall–Kier alpha value is -1.04. The van der Waals surface area contributed by atoms with Crippen molar-refractivity contribution in [3.05, 3.63) is 50.9 Å². The number of hydrogen-bond acceptors (Lipinski definition) is 3. The molecule has 0 heterocycles. The smallest absolute Gasteiger partial charge is 0.141 e. The summed E-state index contributed by atoms with van der Waals surface area (Å²) in [6.45, 7) is 1.95. The number of ether oxygens (including phenoxy) is 2. The molecule has 2 aromatic rings. The van der Waals surface area contributed by atoms with E-state index in [9.17, 15) is 0 Å². The van der Waals surface area contributed by atoms with Crippen LogP contribution in [0.1, 0.15) is 18.5 Å². The Morgan fingerprint density at radius 3 is 2.10 bits per heavy atom. The zero-order valence-corrected chi connectivity index (χ0v) is 14.4. The van der Waals surface area contributed by atoms with Crippen molar-refractivity contribution in [2.24, 2.45) is 5.73 Å². The normalized spacial score (nSPS) is 12.1. The van der Waals surface area contributed by atoms with E-state index >= 15 is 0 Å². The van der Waals surface area contributed by atoms with E-state index in [1.807, 2.05) is 43.3 Å². The van der Waals surface area contributed by atoms with Crippen molar-refractivity contribution in [2.45, 2.75) is 13.0 Å². The van der Waals surface area contributed by atoms with Crippen molar-refractivity contribution in [1.82, 2.24) is 0 Å². The van der Waals surface area contributed by atoms with Gasteiger partial charge in [-0.1, -0.05) is 6.07 Å². The van der Waals surface area contributed by atoms with E-state index < -0.39 is 0 Å². The highest BCUT2D eigenvalue weighted by Crippen LogP contribution is 2.36. The van der Waals surface area contributed by atoms with Gasteiger partial charge in [0, 0.05) is 6.04 Å². The van der Waals surface area contributed by atoms with Crippen LogP contribution in [-0.4, -0.2) is 7.11 Å². The lowest BCUT2D eigenvalue weighted by atomic mass is 10.1. The summed E-state index contributed by atoms with van der Waals surface area (Å²) in [7, 11) is 1.63. The molecule has 5 heteroatoms. The second kappa shape index (κ2) is 6.61. The van der Waals surface area contributed by atoms with Crippen LogP contribution in [0.4, 0.5) is 0 Å². The van der Waals surface area contributed by atoms with Gasteiger partial charge in [-0.3, -0.25) is 0 Å². The van der Waals surface area contributed by atoms with Crippen molar-refractivity contribution >= 4 is 31.9 Å². The molecule has 0 spiro atoms. The molecule has 0 radical (unpaired) electrons. The zero-order valence-electron chi connectivity index (χ0n) is 11.2. The molecule has 0 saturated heterocycles. The first-order valence-electron chi connectivity index (χ1n) is 6.07. The maximum atomic E-state index is 5.88. The fraction of sp³-hybridized carbons (Fsp3) is 0.200. The Morgan fingerprint density at radius 1 is 1.00 bits per heavy atom. The summed E-state index contributed by atoms with van der Waals surface area (Å²) in [6.07, 6.45) is 0. The Balaban J connectivity index is 2.26. The van der Waals surface area contributed by atoms with Crippen molar-refractivity contribution in [2.75, 3.05) is 7.11 Å². The molecule has 3 nitrogen and oxygen atoms in total. The third-order valence-electron chi connectivity index (χ3n) is 2.84. The number of benzene rings is 2. The highest BCUT2D eigenvalue weighted by molar-refractivity contribution is 9.11. The molecule has 0 fully saturated rings. The predicted molar refractivity (Wildman–Crippen MR) is 87.5 cm³/mol.